The van der Waals surface area contributed by atoms with E-state index in [2.05, 4.69) is 0 Å². The van der Waals surface area contributed by atoms with Crippen LogP contribution in [0.4, 0.5) is 0 Å². The van der Waals surface area contributed by atoms with Crippen LogP contribution < -0.4 is 0 Å². The zero-order valence-corrected chi connectivity index (χ0v) is 10.4. The van der Waals surface area contributed by atoms with Gasteiger partial charge in [-0.15, -0.1) is 0 Å². The molecular weight excluding hydrogens is 220 g/mol. The van der Waals surface area contributed by atoms with Gasteiger partial charge in [0, 0.05) is 11.5 Å². The summed E-state index contributed by atoms with van der Waals surface area (Å²) >= 11 is 0. The highest BCUT2D eigenvalue weighted by molar-refractivity contribution is 5.91. The minimum absolute atomic E-state index is 0.173. The van der Waals surface area contributed by atoms with Crippen molar-refractivity contribution in [2.75, 3.05) is 0 Å². The summed E-state index contributed by atoms with van der Waals surface area (Å²) in [6.07, 6.45) is 4.20. The van der Waals surface area contributed by atoms with Gasteiger partial charge in [0.1, 0.15) is 0 Å². The van der Waals surface area contributed by atoms with Crippen LogP contribution in [0, 0.1) is 11.3 Å². The fraction of sp³-hybridized carbons (Fsp3) is 0.538. The van der Waals surface area contributed by atoms with E-state index in [-0.39, 0.29) is 5.57 Å². The summed E-state index contributed by atoms with van der Waals surface area (Å²) < 4.78 is 0. The molecule has 4 nitrogen and oxygen atoms in total. The monoisotopic (exact) mass is 238 g/mol. The van der Waals surface area contributed by atoms with Crippen molar-refractivity contribution < 1.29 is 19.8 Å². The summed E-state index contributed by atoms with van der Waals surface area (Å²) in [5.74, 6) is -2.49. The highest BCUT2D eigenvalue weighted by Crippen LogP contribution is 2.46. The van der Waals surface area contributed by atoms with Gasteiger partial charge in [0.15, 0.2) is 0 Å². The van der Waals surface area contributed by atoms with Crippen molar-refractivity contribution in [1.29, 1.82) is 0 Å². The predicted octanol–water partition coefficient (Wildman–Crippen LogP) is 2.46. The quantitative estimate of drug-likeness (QED) is 0.789. The van der Waals surface area contributed by atoms with Crippen molar-refractivity contribution in [2.45, 2.75) is 33.6 Å². The lowest BCUT2D eigenvalue weighted by atomic mass is 9.63. The molecular formula is C13H18O4. The Morgan fingerprint density at radius 2 is 1.88 bits per heavy atom. The Kier molecular flexibility index (Phi) is 3.76. The normalized spacial score (nSPS) is 28.3. The maximum atomic E-state index is 11.6. The van der Waals surface area contributed by atoms with Crippen molar-refractivity contribution >= 4 is 11.9 Å². The van der Waals surface area contributed by atoms with Crippen LogP contribution >= 0.6 is 0 Å². The number of carboxylic acids is 2. The number of hydrogen-bond donors (Lipinski definition) is 2. The van der Waals surface area contributed by atoms with Gasteiger partial charge in [0.25, 0.3) is 0 Å². The highest BCUT2D eigenvalue weighted by Gasteiger charge is 2.48. The lowest BCUT2D eigenvalue weighted by Crippen LogP contribution is -2.42. The first-order chi connectivity index (χ1) is 7.91. The van der Waals surface area contributed by atoms with Crippen LogP contribution in [0.3, 0.4) is 0 Å². The maximum absolute atomic E-state index is 11.6. The van der Waals surface area contributed by atoms with E-state index in [1.807, 2.05) is 6.92 Å². The standard InChI is InChI=1S/C13H18O4/c1-4-9-6-7-10(11(14)15)8(3)13(9,5-2)12(16)17/h6-8H,4-5H2,1-3H3,(H,14,15)(H,16,17). The molecule has 1 rings (SSSR count). The molecule has 2 unspecified atom stereocenters. The largest absolute Gasteiger partial charge is 0.481 e. The molecule has 0 aliphatic heterocycles. The fourth-order valence-corrected chi connectivity index (χ4v) is 2.72. The molecule has 0 fully saturated rings. The van der Waals surface area contributed by atoms with Gasteiger partial charge in [-0.05, 0) is 12.8 Å². The van der Waals surface area contributed by atoms with Gasteiger partial charge in [-0.25, -0.2) is 4.79 Å². The summed E-state index contributed by atoms with van der Waals surface area (Å²) in [4.78, 5) is 22.7. The second-order valence-corrected chi connectivity index (χ2v) is 4.32. The first-order valence-corrected chi connectivity index (χ1v) is 5.79. The topological polar surface area (TPSA) is 74.6 Å². The Morgan fingerprint density at radius 3 is 2.24 bits per heavy atom. The molecule has 0 aromatic heterocycles. The third kappa shape index (κ3) is 1.88. The van der Waals surface area contributed by atoms with E-state index < -0.39 is 23.3 Å². The van der Waals surface area contributed by atoms with E-state index in [0.717, 1.165) is 5.57 Å². The van der Waals surface area contributed by atoms with Crippen molar-refractivity contribution in [3.63, 3.8) is 0 Å². The molecule has 2 N–H and O–H groups in total. The molecule has 0 spiro atoms. The average molecular weight is 238 g/mol. The first-order valence-electron chi connectivity index (χ1n) is 5.79. The minimum atomic E-state index is -1.07. The second kappa shape index (κ2) is 4.73. The third-order valence-electron chi connectivity index (χ3n) is 3.81. The molecule has 2 atom stereocenters. The van der Waals surface area contributed by atoms with Gasteiger partial charge in [-0.1, -0.05) is 38.5 Å². The van der Waals surface area contributed by atoms with Gasteiger partial charge < -0.3 is 10.2 Å². The number of rotatable bonds is 4. The molecule has 94 valence electrons. The average Bonchev–Trinajstić information content (AvgIpc) is 2.27. The van der Waals surface area contributed by atoms with Crippen molar-refractivity contribution in [3.8, 4) is 0 Å². The Balaban J connectivity index is 3.39. The minimum Gasteiger partial charge on any atom is -0.481 e. The van der Waals surface area contributed by atoms with Crippen LogP contribution in [0.5, 0.6) is 0 Å². The van der Waals surface area contributed by atoms with Crippen LogP contribution in [0.15, 0.2) is 23.3 Å². The maximum Gasteiger partial charge on any atom is 0.331 e. The highest BCUT2D eigenvalue weighted by atomic mass is 16.4. The van der Waals surface area contributed by atoms with Gasteiger partial charge in [0.05, 0.1) is 5.41 Å². The van der Waals surface area contributed by atoms with Crippen LogP contribution in [-0.2, 0) is 9.59 Å². The molecule has 0 heterocycles. The predicted molar refractivity (Wildman–Crippen MR) is 63.6 cm³/mol. The van der Waals surface area contributed by atoms with E-state index in [0.29, 0.717) is 12.8 Å². The smallest absolute Gasteiger partial charge is 0.331 e. The lowest BCUT2D eigenvalue weighted by molar-refractivity contribution is -0.149. The van der Waals surface area contributed by atoms with Gasteiger partial charge in [-0.3, -0.25) is 4.79 Å². The summed E-state index contributed by atoms with van der Waals surface area (Å²) in [5.41, 5.74) is -0.103. The Morgan fingerprint density at radius 1 is 1.29 bits per heavy atom. The molecule has 0 amide bonds. The third-order valence-corrected chi connectivity index (χ3v) is 3.81. The number of carboxylic acid groups (broad SMARTS) is 2. The second-order valence-electron chi connectivity index (χ2n) is 4.32. The van der Waals surface area contributed by atoms with Gasteiger partial charge >= 0.3 is 11.9 Å². The summed E-state index contributed by atoms with van der Waals surface area (Å²) in [5, 5.41) is 18.6. The van der Waals surface area contributed by atoms with Crippen LogP contribution in [0.1, 0.15) is 33.6 Å². The number of hydrogen-bond acceptors (Lipinski definition) is 2. The molecule has 0 aromatic rings. The van der Waals surface area contributed by atoms with E-state index >= 15 is 0 Å². The summed E-state index contributed by atoms with van der Waals surface area (Å²) in [7, 11) is 0. The lowest BCUT2D eigenvalue weighted by Gasteiger charge is -2.39. The Hall–Kier alpha value is -1.58. The van der Waals surface area contributed by atoms with E-state index in [9.17, 15) is 14.7 Å². The molecule has 0 saturated heterocycles. The SMILES string of the molecule is CCC1=CC=C(C(=O)O)C(C)C1(CC)C(=O)O. The molecule has 17 heavy (non-hydrogen) atoms. The van der Waals surface area contributed by atoms with Gasteiger partial charge in [0.2, 0.25) is 0 Å². The molecule has 1 aliphatic rings. The molecule has 0 saturated carbocycles. The van der Waals surface area contributed by atoms with Crippen LogP contribution in [0.25, 0.3) is 0 Å². The van der Waals surface area contributed by atoms with E-state index in [1.54, 1.807) is 19.9 Å². The molecule has 1 aliphatic carbocycles. The van der Waals surface area contributed by atoms with Crippen LogP contribution in [0.2, 0.25) is 0 Å². The number of carbonyl (C=O) groups is 2. The fourth-order valence-electron chi connectivity index (χ4n) is 2.72. The zero-order chi connectivity index (χ0) is 13.2. The molecule has 4 heteroatoms. The van der Waals surface area contributed by atoms with E-state index in [1.165, 1.54) is 6.08 Å². The first kappa shape index (κ1) is 13.5. The Bertz CT molecular complexity index is 406. The molecule has 0 bridgehead atoms. The van der Waals surface area contributed by atoms with Crippen molar-refractivity contribution in [2.24, 2.45) is 11.3 Å². The summed E-state index contributed by atoms with van der Waals surface area (Å²) in [6, 6.07) is 0. The molecule has 0 radical (unpaired) electrons. The number of allylic oxidation sites excluding steroid dienone is 2. The van der Waals surface area contributed by atoms with Crippen molar-refractivity contribution in [3.05, 3.63) is 23.3 Å². The Labute approximate surface area is 101 Å². The number of aliphatic carboxylic acids is 2. The van der Waals surface area contributed by atoms with Crippen LogP contribution in [-0.4, -0.2) is 22.2 Å². The van der Waals surface area contributed by atoms with Crippen molar-refractivity contribution in [1.82, 2.24) is 0 Å². The van der Waals surface area contributed by atoms with Gasteiger partial charge in [-0.2, -0.15) is 0 Å². The zero-order valence-electron chi connectivity index (χ0n) is 10.4. The summed E-state index contributed by atoms with van der Waals surface area (Å²) in [6.45, 7) is 5.37. The van der Waals surface area contributed by atoms with E-state index in [4.69, 9.17) is 5.11 Å². The molecule has 0 aromatic carbocycles.